The third-order valence-corrected chi connectivity index (χ3v) is 5.17. The number of benzene rings is 3. The molecule has 0 aliphatic heterocycles. The Labute approximate surface area is 167 Å². The molecule has 1 heterocycles. The minimum atomic E-state index is -0.216. The molecule has 5 nitrogen and oxygen atoms in total. The van der Waals surface area contributed by atoms with Crippen LogP contribution in [0.3, 0.4) is 0 Å². The molecule has 0 spiro atoms. The molecule has 0 atom stereocenters. The summed E-state index contributed by atoms with van der Waals surface area (Å²) in [5.41, 5.74) is 5.41. The standard InChI is InChI=1S/C24H17N3O2/c28-23-20-8-3-2-7-18(20)19-11-10-16(14-21(19)23)24(29)25-15-17-6-1-4-9-22(17)27-13-5-12-26-27/h1-14H,15H2,(H,25,29). The molecular formula is C24H17N3O2. The number of aromatic nitrogens is 2. The van der Waals surface area contributed by atoms with Crippen molar-refractivity contribution in [3.05, 3.63) is 107 Å². The third kappa shape index (κ3) is 2.93. The summed E-state index contributed by atoms with van der Waals surface area (Å²) in [5.74, 6) is -0.249. The number of fused-ring (bicyclic) bond motifs is 3. The maximum atomic E-state index is 12.8. The van der Waals surface area contributed by atoms with Gasteiger partial charge in [-0.1, -0.05) is 48.5 Å². The average molecular weight is 379 g/mol. The van der Waals surface area contributed by atoms with Crippen molar-refractivity contribution in [3.63, 3.8) is 0 Å². The van der Waals surface area contributed by atoms with E-state index in [0.29, 0.717) is 23.2 Å². The zero-order valence-electron chi connectivity index (χ0n) is 15.5. The SMILES string of the molecule is O=C(NCc1ccccc1-n1cccn1)c1ccc2c(c1)C(=O)c1ccccc1-2. The van der Waals surface area contributed by atoms with Crippen LogP contribution in [-0.4, -0.2) is 21.5 Å². The zero-order valence-corrected chi connectivity index (χ0v) is 15.5. The molecule has 0 fully saturated rings. The van der Waals surface area contributed by atoms with Gasteiger partial charge >= 0.3 is 0 Å². The van der Waals surface area contributed by atoms with Crippen molar-refractivity contribution in [3.8, 4) is 16.8 Å². The lowest BCUT2D eigenvalue weighted by molar-refractivity contribution is 0.0951. The molecule has 4 aromatic rings. The van der Waals surface area contributed by atoms with E-state index >= 15 is 0 Å². The molecule has 0 radical (unpaired) electrons. The van der Waals surface area contributed by atoms with E-state index in [1.54, 1.807) is 23.0 Å². The van der Waals surface area contributed by atoms with Crippen molar-refractivity contribution in [2.24, 2.45) is 0 Å². The third-order valence-electron chi connectivity index (χ3n) is 5.17. The molecule has 0 bridgehead atoms. The first-order chi connectivity index (χ1) is 14.2. The number of para-hydroxylation sites is 1. The van der Waals surface area contributed by atoms with Crippen molar-refractivity contribution in [2.45, 2.75) is 6.54 Å². The van der Waals surface area contributed by atoms with Crippen LogP contribution in [-0.2, 0) is 6.54 Å². The molecule has 140 valence electrons. The Bertz CT molecular complexity index is 1240. The molecule has 1 N–H and O–H groups in total. The van der Waals surface area contributed by atoms with Crippen LogP contribution in [0.2, 0.25) is 0 Å². The van der Waals surface area contributed by atoms with E-state index in [1.165, 1.54) is 0 Å². The van der Waals surface area contributed by atoms with Gasteiger partial charge in [-0.3, -0.25) is 9.59 Å². The van der Waals surface area contributed by atoms with Crippen LogP contribution < -0.4 is 5.32 Å². The summed E-state index contributed by atoms with van der Waals surface area (Å²) in [6, 6.07) is 22.5. The van der Waals surface area contributed by atoms with Gasteiger partial charge in [-0.05, 0) is 41.0 Å². The van der Waals surface area contributed by atoms with Gasteiger partial charge in [0, 0.05) is 35.6 Å². The molecule has 1 aliphatic rings. The van der Waals surface area contributed by atoms with E-state index < -0.39 is 0 Å². The maximum absolute atomic E-state index is 12.8. The fourth-order valence-electron chi connectivity index (χ4n) is 3.74. The molecule has 0 saturated carbocycles. The van der Waals surface area contributed by atoms with Gasteiger partial charge in [0.05, 0.1) is 5.69 Å². The number of carbonyl (C=O) groups is 2. The van der Waals surface area contributed by atoms with E-state index in [9.17, 15) is 9.59 Å². The van der Waals surface area contributed by atoms with Crippen LogP contribution in [0.15, 0.2) is 85.2 Å². The molecular weight excluding hydrogens is 362 g/mol. The van der Waals surface area contributed by atoms with Crippen LogP contribution in [0.1, 0.15) is 31.8 Å². The molecule has 3 aromatic carbocycles. The van der Waals surface area contributed by atoms with Gasteiger partial charge in [0.15, 0.2) is 5.78 Å². The summed E-state index contributed by atoms with van der Waals surface area (Å²) in [5, 5.41) is 7.22. The Morgan fingerprint density at radius 3 is 2.45 bits per heavy atom. The lowest BCUT2D eigenvalue weighted by Gasteiger charge is -2.11. The molecule has 5 heteroatoms. The first-order valence-electron chi connectivity index (χ1n) is 9.36. The second kappa shape index (κ2) is 6.87. The monoisotopic (exact) mass is 379 g/mol. The molecule has 5 rings (SSSR count). The van der Waals surface area contributed by atoms with Crippen LogP contribution >= 0.6 is 0 Å². The van der Waals surface area contributed by atoms with E-state index in [4.69, 9.17) is 0 Å². The average Bonchev–Trinajstić information content (AvgIpc) is 3.40. The minimum absolute atomic E-state index is 0.0331. The summed E-state index contributed by atoms with van der Waals surface area (Å²) < 4.78 is 1.77. The van der Waals surface area contributed by atoms with E-state index in [-0.39, 0.29) is 11.7 Å². The van der Waals surface area contributed by atoms with Gasteiger partial charge in [-0.15, -0.1) is 0 Å². The highest BCUT2D eigenvalue weighted by Gasteiger charge is 2.27. The number of ketones is 1. The quantitative estimate of drug-likeness (QED) is 0.513. The summed E-state index contributed by atoms with van der Waals surface area (Å²) in [6.07, 6.45) is 3.58. The molecule has 1 aliphatic carbocycles. The van der Waals surface area contributed by atoms with Crippen LogP contribution in [0.5, 0.6) is 0 Å². The second-order valence-corrected chi connectivity index (χ2v) is 6.90. The number of amides is 1. The van der Waals surface area contributed by atoms with Crippen LogP contribution in [0, 0.1) is 0 Å². The second-order valence-electron chi connectivity index (χ2n) is 6.90. The lowest BCUT2D eigenvalue weighted by atomic mass is 10.0. The van der Waals surface area contributed by atoms with Gasteiger partial charge in [-0.25, -0.2) is 4.68 Å². The van der Waals surface area contributed by atoms with E-state index in [1.807, 2.05) is 66.9 Å². The van der Waals surface area contributed by atoms with Gasteiger partial charge in [0.1, 0.15) is 0 Å². The van der Waals surface area contributed by atoms with Crippen molar-refractivity contribution in [1.82, 2.24) is 15.1 Å². The Morgan fingerprint density at radius 1 is 0.862 bits per heavy atom. The van der Waals surface area contributed by atoms with Gasteiger partial charge in [0.2, 0.25) is 0 Å². The highest BCUT2D eigenvalue weighted by atomic mass is 16.1. The number of hydrogen-bond donors (Lipinski definition) is 1. The van der Waals surface area contributed by atoms with Crippen molar-refractivity contribution in [1.29, 1.82) is 0 Å². The smallest absolute Gasteiger partial charge is 0.251 e. The Balaban J connectivity index is 1.38. The number of hydrogen-bond acceptors (Lipinski definition) is 3. The van der Waals surface area contributed by atoms with Gasteiger partial charge in [-0.2, -0.15) is 5.10 Å². The van der Waals surface area contributed by atoms with Gasteiger partial charge in [0.25, 0.3) is 5.91 Å². The lowest BCUT2D eigenvalue weighted by Crippen LogP contribution is -2.23. The number of rotatable bonds is 4. The fourth-order valence-corrected chi connectivity index (χ4v) is 3.74. The summed E-state index contributed by atoms with van der Waals surface area (Å²) >= 11 is 0. The van der Waals surface area contributed by atoms with Crippen molar-refractivity contribution in [2.75, 3.05) is 0 Å². The number of nitrogens with one attached hydrogen (secondary N) is 1. The Kier molecular flexibility index (Phi) is 4.06. The number of carbonyl (C=O) groups excluding carboxylic acids is 2. The predicted molar refractivity (Wildman–Crippen MR) is 110 cm³/mol. The fraction of sp³-hybridized carbons (Fsp3) is 0.0417. The highest BCUT2D eigenvalue weighted by Crippen LogP contribution is 2.36. The van der Waals surface area contributed by atoms with Gasteiger partial charge < -0.3 is 5.32 Å². The predicted octanol–water partition coefficient (Wildman–Crippen LogP) is 4.01. The van der Waals surface area contributed by atoms with E-state index in [0.717, 1.165) is 22.4 Å². The van der Waals surface area contributed by atoms with Crippen molar-refractivity contribution >= 4 is 11.7 Å². The molecule has 1 aromatic heterocycles. The Morgan fingerprint density at radius 2 is 1.62 bits per heavy atom. The molecule has 1 amide bonds. The molecule has 29 heavy (non-hydrogen) atoms. The topological polar surface area (TPSA) is 64.0 Å². The zero-order chi connectivity index (χ0) is 19.8. The molecule has 0 saturated heterocycles. The number of nitrogens with zero attached hydrogens (tertiary/aromatic N) is 2. The highest BCUT2D eigenvalue weighted by molar-refractivity contribution is 6.22. The maximum Gasteiger partial charge on any atom is 0.251 e. The summed E-state index contributed by atoms with van der Waals surface area (Å²) in [7, 11) is 0. The van der Waals surface area contributed by atoms with Crippen LogP contribution in [0.4, 0.5) is 0 Å². The van der Waals surface area contributed by atoms with Crippen molar-refractivity contribution < 1.29 is 9.59 Å². The summed E-state index contributed by atoms with van der Waals surface area (Å²) in [4.78, 5) is 25.4. The molecule has 0 unspecified atom stereocenters. The largest absolute Gasteiger partial charge is 0.348 e. The first kappa shape index (κ1) is 17.1. The van der Waals surface area contributed by atoms with Crippen LogP contribution in [0.25, 0.3) is 16.8 Å². The summed E-state index contributed by atoms with van der Waals surface area (Å²) in [6.45, 7) is 0.361. The minimum Gasteiger partial charge on any atom is -0.348 e. The van der Waals surface area contributed by atoms with E-state index in [2.05, 4.69) is 10.4 Å². The first-order valence-corrected chi connectivity index (χ1v) is 9.36. The Hall–Kier alpha value is -3.99. The normalized spacial score (nSPS) is 11.8.